The van der Waals surface area contributed by atoms with Gasteiger partial charge in [-0.3, -0.25) is 4.98 Å². The lowest BCUT2D eigenvalue weighted by atomic mass is 10.3. The van der Waals surface area contributed by atoms with E-state index in [1.165, 1.54) is 0 Å². The molecule has 0 atom stereocenters. The standard InChI is InChI=1S/C10H14N2O/c1-12(7-4-8-13)9-10-5-2-3-6-11-10/h2-3,5-6,8H,4,7,9H2,1H3. The monoisotopic (exact) mass is 178 g/mol. The number of pyridine rings is 1. The maximum absolute atomic E-state index is 10.1. The Kier molecular flexibility index (Phi) is 4.12. The second-order valence-electron chi connectivity index (χ2n) is 3.01. The van der Waals surface area contributed by atoms with Gasteiger partial charge in [-0.25, -0.2) is 0 Å². The molecule has 0 unspecified atom stereocenters. The van der Waals surface area contributed by atoms with Crippen LogP contribution in [0, 0.1) is 0 Å². The van der Waals surface area contributed by atoms with Crippen LogP contribution in [0.4, 0.5) is 0 Å². The van der Waals surface area contributed by atoms with Crippen LogP contribution in [0.25, 0.3) is 0 Å². The molecule has 0 aliphatic carbocycles. The van der Waals surface area contributed by atoms with Gasteiger partial charge in [0.2, 0.25) is 0 Å². The SMILES string of the molecule is CN(CCC=O)Cc1ccccn1. The zero-order valence-electron chi connectivity index (χ0n) is 7.81. The zero-order valence-corrected chi connectivity index (χ0v) is 7.81. The van der Waals surface area contributed by atoms with E-state index in [0.29, 0.717) is 6.42 Å². The molecular formula is C10H14N2O. The number of rotatable bonds is 5. The van der Waals surface area contributed by atoms with Crippen LogP contribution in [-0.2, 0) is 11.3 Å². The molecule has 70 valence electrons. The number of carbonyl (C=O) groups excluding carboxylic acids is 1. The fourth-order valence-corrected chi connectivity index (χ4v) is 1.12. The van der Waals surface area contributed by atoms with E-state index >= 15 is 0 Å². The van der Waals surface area contributed by atoms with Crippen molar-refractivity contribution in [3.63, 3.8) is 0 Å². The fraction of sp³-hybridized carbons (Fsp3) is 0.400. The predicted molar refractivity (Wildman–Crippen MR) is 51.3 cm³/mol. The van der Waals surface area contributed by atoms with Crippen molar-refractivity contribution >= 4 is 6.29 Å². The van der Waals surface area contributed by atoms with Crippen molar-refractivity contribution in [1.29, 1.82) is 0 Å². The largest absolute Gasteiger partial charge is 0.303 e. The summed E-state index contributed by atoms with van der Waals surface area (Å²) in [6.07, 6.45) is 3.31. The highest BCUT2D eigenvalue weighted by Crippen LogP contribution is 1.98. The normalized spacial score (nSPS) is 10.3. The van der Waals surface area contributed by atoms with E-state index in [-0.39, 0.29) is 0 Å². The van der Waals surface area contributed by atoms with Crippen molar-refractivity contribution in [1.82, 2.24) is 9.88 Å². The van der Waals surface area contributed by atoms with E-state index in [9.17, 15) is 4.79 Å². The Balaban J connectivity index is 2.36. The second kappa shape index (κ2) is 5.43. The lowest BCUT2D eigenvalue weighted by Gasteiger charge is -2.13. The minimum absolute atomic E-state index is 0.587. The highest BCUT2D eigenvalue weighted by Gasteiger charge is 1.99. The van der Waals surface area contributed by atoms with E-state index in [2.05, 4.69) is 9.88 Å². The topological polar surface area (TPSA) is 33.2 Å². The van der Waals surface area contributed by atoms with E-state index in [1.54, 1.807) is 6.20 Å². The number of aromatic nitrogens is 1. The molecule has 0 fully saturated rings. The third-order valence-electron chi connectivity index (χ3n) is 1.79. The Labute approximate surface area is 78.4 Å². The number of hydrogen-bond acceptors (Lipinski definition) is 3. The summed E-state index contributed by atoms with van der Waals surface area (Å²) in [6, 6.07) is 5.85. The van der Waals surface area contributed by atoms with Gasteiger partial charge in [0.15, 0.2) is 0 Å². The molecule has 0 bridgehead atoms. The van der Waals surface area contributed by atoms with Gasteiger partial charge in [0.1, 0.15) is 6.29 Å². The molecule has 3 nitrogen and oxygen atoms in total. The summed E-state index contributed by atoms with van der Waals surface area (Å²) in [4.78, 5) is 16.4. The molecule has 1 rings (SSSR count). The summed E-state index contributed by atoms with van der Waals surface area (Å²) < 4.78 is 0. The van der Waals surface area contributed by atoms with Gasteiger partial charge in [0.05, 0.1) is 5.69 Å². The van der Waals surface area contributed by atoms with E-state index < -0.39 is 0 Å². The minimum Gasteiger partial charge on any atom is -0.303 e. The Morgan fingerprint density at radius 1 is 1.54 bits per heavy atom. The molecule has 0 radical (unpaired) electrons. The Hall–Kier alpha value is -1.22. The van der Waals surface area contributed by atoms with Crippen molar-refractivity contribution in [2.45, 2.75) is 13.0 Å². The van der Waals surface area contributed by atoms with Gasteiger partial charge in [-0.1, -0.05) is 6.07 Å². The molecule has 1 aromatic rings. The van der Waals surface area contributed by atoms with Crippen LogP contribution in [-0.4, -0.2) is 29.8 Å². The summed E-state index contributed by atoms with van der Waals surface area (Å²) in [5.41, 5.74) is 1.04. The van der Waals surface area contributed by atoms with Crippen molar-refractivity contribution in [3.05, 3.63) is 30.1 Å². The van der Waals surface area contributed by atoms with Gasteiger partial charge in [0, 0.05) is 25.7 Å². The lowest BCUT2D eigenvalue weighted by Crippen LogP contribution is -2.19. The van der Waals surface area contributed by atoms with Gasteiger partial charge in [-0.2, -0.15) is 0 Å². The second-order valence-corrected chi connectivity index (χ2v) is 3.01. The third kappa shape index (κ3) is 3.80. The van der Waals surface area contributed by atoms with Crippen molar-refractivity contribution < 1.29 is 4.79 Å². The lowest BCUT2D eigenvalue weighted by molar-refractivity contribution is -0.108. The molecule has 0 spiro atoms. The highest BCUT2D eigenvalue weighted by molar-refractivity contribution is 5.49. The van der Waals surface area contributed by atoms with Gasteiger partial charge < -0.3 is 9.69 Å². The average Bonchev–Trinajstić information content (AvgIpc) is 2.16. The van der Waals surface area contributed by atoms with Crippen molar-refractivity contribution in [3.8, 4) is 0 Å². The molecule has 0 N–H and O–H groups in total. The van der Waals surface area contributed by atoms with E-state index in [1.807, 2.05) is 25.2 Å². The van der Waals surface area contributed by atoms with Crippen LogP contribution in [0.1, 0.15) is 12.1 Å². The van der Waals surface area contributed by atoms with E-state index in [0.717, 1.165) is 25.1 Å². The molecule has 3 heteroatoms. The zero-order chi connectivity index (χ0) is 9.52. The van der Waals surface area contributed by atoms with Gasteiger partial charge in [0.25, 0.3) is 0 Å². The molecule has 1 heterocycles. The van der Waals surface area contributed by atoms with E-state index in [4.69, 9.17) is 0 Å². The van der Waals surface area contributed by atoms with Gasteiger partial charge in [-0.05, 0) is 19.2 Å². The predicted octanol–water partition coefficient (Wildman–Crippen LogP) is 1.10. The van der Waals surface area contributed by atoms with Crippen molar-refractivity contribution in [2.75, 3.05) is 13.6 Å². The first-order valence-corrected chi connectivity index (χ1v) is 4.35. The molecule has 13 heavy (non-hydrogen) atoms. The van der Waals surface area contributed by atoms with Crippen LogP contribution < -0.4 is 0 Å². The van der Waals surface area contributed by atoms with Crippen molar-refractivity contribution in [2.24, 2.45) is 0 Å². The Morgan fingerprint density at radius 2 is 2.38 bits per heavy atom. The molecule has 0 aliphatic rings. The molecule has 0 aromatic carbocycles. The molecule has 0 amide bonds. The summed E-state index contributed by atoms with van der Waals surface area (Å²) in [5, 5.41) is 0. The maximum atomic E-state index is 10.1. The number of hydrogen-bond donors (Lipinski definition) is 0. The quantitative estimate of drug-likeness (QED) is 0.633. The van der Waals surface area contributed by atoms with Crippen LogP contribution in [0.5, 0.6) is 0 Å². The Morgan fingerprint density at radius 3 is 3.00 bits per heavy atom. The summed E-state index contributed by atoms with van der Waals surface area (Å²) >= 11 is 0. The smallest absolute Gasteiger partial charge is 0.121 e. The molecule has 0 aliphatic heterocycles. The first-order chi connectivity index (χ1) is 6.33. The maximum Gasteiger partial charge on any atom is 0.121 e. The van der Waals surface area contributed by atoms with Crippen LogP contribution in [0.3, 0.4) is 0 Å². The number of carbonyl (C=O) groups is 1. The number of nitrogens with zero attached hydrogens (tertiary/aromatic N) is 2. The van der Waals surface area contributed by atoms with Gasteiger partial charge in [-0.15, -0.1) is 0 Å². The summed E-state index contributed by atoms with van der Waals surface area (Å²) in [6.45, 7) is 1.59. The van der Waals surface area contributed by atoms with Crippen LogP contribution >= 0.6 is 0 Å². The molecule has 1 aromatic heterocycles. The van der Waals surface area contributed by atoms with Crippen LogP contribution in [0.2, 0.25) is 0 Å². The first kappa shape index (κ1) is 9.86. The van der Waals surface area contributed by atoms with Crippen LogP contribution in [0.15, 0.2) is 24.4 Å². The first-order valence-electron chi connectivity index (χ1n) is 4.35. The summed E-state index contributed by atoms with van der Waals surface area (Å²) in [7, 11) is 1.98. The average molecular weight is 178 g/mol. The highest BCUT2D eigenvalue weighted by atomic mass is 16.1. The molecule has 0 saturated heterocycles. The third-order valence-corrected chi connectivity index (χ3v) is 1.79. The molecular weight excluding hydrogens is 164 g/mol. The number of aldehydes is 1. The minimum atomic E-state index is 0.587. The summed E-state index contributed by atoms with van der Waals surface area (Å²) in [5.74, 6) is 0. The molecule has 0 saturated carbocycles. The fourth-order valence-electron chi connectivity index (χ4n) is 1.12. The Bertz CT molecular complexity index is 248. The van der Waals surface area contributed by atoms with Gasteiger partial charge >= 0.3 is 0 Å².